The van der Waals surface area contributed by atoms with Gasteiger partial charge in [0.2, 0.25) is 5.91 Å². The SMILES string of the molecule is CCCCN(CC(=O)Nc1cc(C(C)(C)C)nn1-c1ccc(C)cc1C)C(=O)c1ccc(Cl)c(Cl)c1. The first-order valence-electron chi connectivity index (χ1n) is 12.1. The molecule has 2 amide bonds. The number of unbranched alkanes of at least 4 members (excludes halogenated alkanes) is 1. The topological polar surface area (TPSA) is 67.2 Å². The average Bonchev–Trinajstić information content (AvgIpc) is 3.22. The summed E-state index contributed by atoms with van der Waals surface area (Å²) in [7, 11) is 0. The zero-order valence-electron chi connectivity index (χ0n) is 21.8. The van der Waals surface area contributed by atoms with Gasteiger partial charge in [0, 0.05) is 23.6 Å². The van der Waals surface area contributed by atoms with Crippen molar-refractivity contribution >= 4 is 40.8 Å². The molecule has 0 fully saturated rings. The molecule has 0 saturated carbocycles. The van der Waals surface area contributed by atoms with E-state index in [0.717, 1.165) is 35.3 Å². The quantitative estimate of drug-likeness (QED) is 0.343. The third-order valence-corrected chi connectivity index (χ3v) is 6.63. The van der Waals surface area contributed by atoms with Crippen molar-refractivity contribution in [2.45, 2.75) is 59.8 Å². The number of aryl methyl sites for hydroxylation is 2. The lowest BCUT2D eigenvalue weighted by molar-refractivity contribution is -0.117. The van der Waals surface area contributed by atoms with Crippen molar-refractivity contribution in [1.82, 2.24) is 14.7 Å². The fourth-order valence-corrected chi connectivity index (χ4v) is 4.13. The summed E-state index contributed by atoms with van der Waals surface area (Å²) in [4.78, 5) is 28.0. The van der Waals surface area contributed by atoms with Gasteiger partial charge in [0.1, 0.15) is 12.4 Å². The molecule has 192 valence electrons. The normalized spacial score (nSPS) is 11.4. The van der Waals surface area contributed by atoms with Crippen LogP contribution >= 0.6 is 23.2 Å². The van der Waals surface area contributed by atoms with Crippen molar-refractivity contribution in [3.63, 3.8) is 0 Å². The maximum Gasteiger partial charge on any atom is 0.254 e. The summed E-state index contributed by atoms with van der Waals surface area (Å²) in [5.41, 5.74) is 4.13. The minimum absolute atomic E-state index is 0.0952. The summed E-state index contributed by atoms with van der Waals surface area (Å²) in [6.45, 7) is 12.7. The maximum absolute atomic E-state index is 13.2. The highest BCUT2D eigenvalue weighted by Crippen LogP contribution is 2.28. The van der Waals surface area contributed by atoms with E-state index in [9.17, 15) is 9.59 Å². The molecule has 0 spiro atoms. The molecule has 0 saturated heterocycles. The van der Waals surface area contributed by atoms with Gasteiger partial charge in [-0.3, -0.25) is 9.59 Å². The summed E-state index contributed by atoms with van der Waals surface area (Å²) in [6.07, 6.45) is 1.66. The van der Waals surface area contributed by atoms with Crippen molar-refractivity contribution in [2.24, 2.45) is 0 Å². The zero-order valence-corrected chi connectivity index (χ0v) is 23.3. The number of halogens is 2. The minimum Gasteiger partial charge on any atom is -0.329 e. The number of carbonyl (C=O) groups is 2. The Kier molecular flexibility index (Phi) is 8.85. The maximum atomic E-state index is 13.2. The number of nitrogens with one attached hydrogen (secondary N) is 1. The second-order valence-electron chi connectivity index (χ2n) is 10.1. The van der Waals surface area contributed by atoms with Gasteiger partial charge in [-0.2, -0.15) is 5.10 Å². The van der Waals surface area contributed by atoms with E-state index in [-0.39, 0.29) is 23.8 Å². The fourth-order valence-electron chi connectivity index (χ4n) is 3.83. The lowest BCUT2D eigenvalue weighted by atomic mass is 9.92. The van der Waals surface area contributed by atoms with Crippen LogP contribution in [0.2, 0.25) is 10.0 Å². The largest absolute Gasteiger partial charge is 0.329 e. The number of amides is 2. The Labute approximate surface area is 223 Å². The molecule has 2 aromatic carbocycles. The summed E-state index contributed by atoms with van der Waals surface area (Å²) in [5.74, 6) is -0.00405. The smallest absolute Gasteiger partial charge is 0.254 e. The lowest BCUT2D eigenvalue weighted by Crippen LogP contribution is -2.39. The third-order valence-electron chi connectivity index (χ3n) is 5.90. The molecular weight excluding hydrogens is 495 g/mol. The van der Waals surface area contributed by atoms with E-state index >= 15 is 0 Å². The number of hydrogen-bond acceptors (Lipinski definition) is 3. The van der Waals surface area contributed by atoms with Crippen molar-refractivity contribution in [3.8, 4) is 5.69 Å². The molecule has 8 heteroatoms. The first-order chi connectivity index (χ1) is 16.9. The predicted molar refractivity (Wildman–Crippen MR) is 148 cm³/mol. The Hall–Kier alpha value is -2.83. The number of nitrogens with zero attached hydrogens (tertiary/aromatic N) is 3. The summed E-state index contributed by atoms with van der Waals surface area (Å²) in [5, 5.41) is 8.49. The second kappa shape index (κ2) is 11.5. The number of anilines is 1. The molecule has 0 radical (unpaired) electrons. The summed E-state index contributed by atoms with van der Waals surface area (Å²) in [6, 6.07) is 12.8. The second-order valence-corrected chi connectivity index (χ2v) is 10.9. The highest BCUT2D eigenvalue weighted by atomic mass is 35.5. The number of rotatable bonds is 8. The molecule has 3 rings (SSSR count). The Morgan fingerprint density at radius 3 is 2.36 bits per heavy atom. The van der Waals surface area contributed by atoms with Gasteiger partial charge in [0.15, 0.2) is 0 Å². The van der Waals surface area contributed by atoms with Crippen molar-refractivity contribution in [3.05, 3.63) is 74.9 Å². The Balaban J connectivity index is 1.89. The van der Waals surface area contributed by atoms with Crippen LogP contribution in [0.25, 0.3) is 5.69 Å². The van der Waals surface area contributed by atoms with Crippen LogP contribution in [0.3, 0.4) is 0 Å². The van der Waals surface area contributed by atoms with Crippen LogP contribution in [0.15, 0.2) is 42.5 Å². The van der Waals surface area contributed by atoms with Gasteiger partial charge in [-0.15, -0.1) is 0 Å². The molecule has 1 N–H and O–H groups in total. The fraction of sp³-hybridized carbons (Fsp3) is 0.393. The predicted octanol–water partition coefficient (Wildman–Crippen LogP) is 6.97. The Morgan fingerprint density at radius 2 is 1.75 bits per heavy atom. The van der Waals surface area contributed by atoms with Crippen LogP contribution in [0.5, 0.6) is 0 Å². The molecule has 0 aliphatic heterocycles. The van der Waals surface area contributed by atoms with Crippen LogP contribution < -0.4 is 5.32 Å². The monoisotopic (exact) mass is 528 g/mol. The van der Waals surface area contributed by atoms with E-state index < -0.39 is 0 Å². The minimum atomic E-state index is -0.300. The molecule has 0 atom stereocenters. The van der Waals surface area contributed by atoms with E-state index in [4.69, 9.17) is 28.3 Å². The van der Waals surface area contributed by atoms with Crippen LogP contribution in [0, 0.1) is 13.8 Å². The van der Waals surface area contributed by atoms with Crippen molar-refractivity contribution in [2.75, 3.05) is 18.4 Å². The van der Waals surface area contributed by atoms with Gasteiger partial charge in [0.25, 0.3) is 5.91 Å². The number of hydrogen-bond donors (Lipinski definition) is 1. The van der Waals surface area contributed by atoms with Crippen LogP contribution in [0.1, 0.15) is 67.7 Å². The third kappa shape index (κ3) is 6.68. The average molecular weight is 530 g/mol. The highest BCUT2D eigenvalue weighted by Gasteiger charge is 2.24. The summed E-state index contributed by atoms with van der Waals surface area (Å²) < 4.78 is 1.77. The summed E-state index contributed by atoms with van der Waals surface area (Å²) >= 11 is 12.1. The van der Waals surface area contributed by atoms with Gasteiger partial charge in [-0.1, -0.05) is 75.0 Å². The number of benzene rings is 2. The first-order valence-corrected chi connectivity index (χ1v) is 12.9. The number of aromatic nitrogens is 2. The molecule has 36 heavy (non-hydrogen) atoms. The number of carbonyl (C=O) groups excluding carboxylic acids is 2. The van der Waals surface area contributed by atoms with Gasteiger partial charge < -0.3 is 10.2 Å². The van der Waals surface area contributed by atoms with Gasteiger partial charge >= 0.3 is 0 Å². The van der Waals surface area contributed by atoms with Gasteiger partial charge in [-0.05, 0) is 50.1 Å². The molecule has 3 aromatic rings. The molecule has 0 aliphatic rings. The molecule has 0 unspecified atom stereocenters. The van der Waals surface area contributed by atoms with E-state index in [1.807, 2.05) is 39.0 Å². The van der Waals surface area contributed by atoms with Gasteiger partial charge in [0.05, 0.1) is 21.4 Å². The molecule has 6 nitrogen and oxygen atoms in total. The Morgan fingerprint density at radius 1 is 1.03 bits per heavy atom. The van der Waals surface area contributed by atoms with E-state index in [1.165, 1.54) is 6.07 Å². The van der Waals surface area contributed by atoms with Crippen LogP contribution in [-0.4, -0.2) is 39.6 Å². The van der Waals surface area contributed by atoms with E-state index in [0.29, 0.717) is 28.0 Å². The molecule has 0 aliphatic carbocycles. The van der Waals surface area contributed by atoms with Crippen molar-refractivity contribution < 1.29 is 9.59 Å². The van der Waals surface area contributed by atoms with Crippen LogP contribution in [-0.2, 0) is 10.2 Å². The molecular formula is C28H34Cl2N4O2. The van der Waals surface area contributed by atoms with E-state index in [1.54, 1.807) is 21.7 Å². The molecule has 1 heterocycles. The first kappa shape index (κ1) is 27.8. The van der Waals surface area contributed by atoms with Crippen molar-refractivity contribution in [1.29, 1.82) is 0 Å². The standard InChI is InChI=1S/C28H34Cl2N4O2/c1-7-8-13-33(27(36)20-10-11-21(29)22(30)15-20)17-26(35)31-25-16-24(28(4,5)6)32-34(25)23-12-9-18(2)14-19(23)3/h9-12,14-16H,7-8,13,17H2,1-6H3,(H,31,35). The van der Waals surface area contributed by atoms with E-state index in [2.05, 4.69) is 32.2 Å². The zero-order chi connectivity index (χ0) is 26.6. The lowest BCUT2D eigenvalue weighted by Gasteiger charge is -2.22. The molecule has 1 aromatic heterocycles. The Bertz CT molecular complexity index is 1260. The van der Waals surface area contributed by atoms with Gasteiger partial charge in [-0.25, -0.2) is 4.68 Å². The highest BCUT2D eigenvalue weighted by molar-refractivity contribution is 6.42. The van der Waals surface area contributed by atoms with Crippen LogP contribution in [0.4, 0.5) is 5.82 Å². The molecule has 0 bridgehead atoms.